The van der Waals surface area contributed by atoms with Crippen LogP contribution < -0.4 is 4.74 Å². The van der Waals surface area contributed by atoms with E-state index in [1.807, 2.05) is 0 Å². The lowest BCUT2D eigenvalue weighted by molar-refractivity contribution is 0.177. The maximum Gasteiger partial charge on any atom is 0.165 e. The summed E-state index contributed by atoms with van der Waals surface area (Å²) in [7, 11) is 1.32. The van der Waals surface area contributed by atoms with Gasteiger partial charge in [0.1, 0.15) is 11.6 Å². The van der Waals surface area contributed by atoms with E-state index in [0.717, 1.165) is 18.2 Å². The minimum Gasteiger partial charge on any atom is -0.494 e. The van der Waals surface area contributed by atoms with Crippen LogP contribution in [0.25, 0.3) is 0 Å². The third-order valence-corrected chi connectivity index (χ3v) is 2.91. The third kappa shape index (κ3) is 3.30. The molecule has 1 unspecified atom stereocenters. The van der Waals surface area contributed by atoms with Crippen LogP contribution in [0, 0.1) is 17.5 Å². The van der Waals surface area contributed by atoms with Crippen molar-refractivity contribution in [2.24, 2.45) is 0 Å². The number of rotatable bonds is 4. The molecule has 2 aromatic carbocycles. The Labute approximate surface area is 114 Å². The van der Waals surface area contributed by atoms with Crippen molar-refractivity contribution >= 4 is 0 Å². The first-order chi connectivity index (χ1) is 9.49. The van der Waals surface area contributed by atoms with Gasteiger partial charge in [0, 0.05) is 12.5 Å². The van der Waals surface area contributed by atoms with E-state index in [-0.39, 0.29) is 12.2 Å². The summed E-state index contributed by atoms with van der Waals surface area (Å²) in [5.74, 6) is -1.94. The highest BCUT2D eigenvalue weighted by Crippen LogP contribution is 2.25. The molecule has 5 heteroatoms. The molecule has 0 radical (unpaired) electrons. The minimum atomic E-state index is -1.01. The lowest BCUT2D eigenvalue weighted by Gasteiger charge is -2.13. The Balaban J connectivity index is 2.21. The molecule has 0 spiro atoms. The van der Waals surface area contributed by atoms with Gasteiger partial charge in [-0.25, -0.2) is 13.2 Å². The van der Waals surface area contributed by atoms with Crippen LogP contribution in [0.2, 0.25) is 0 Å². The van der Waals surface area contributed by atoms with Crippen LogP contribution >= 0.6 is 0 Å². The second-order valence-corrected chi connectivity index (χ2v) is 4.39. The molecule has 20 heavy (non-hydrogen) atoms. The average Bonchev–Trinajstić information content (AvgIpc) is 2.37. The first-order valence-electron chi connectivity index (χ1n) is 5.96. The number of methoxy groups -OCH3 is 1. The molecular weight excluding hydrogens is 269 g/mol. The van der Waals surface area contributed by atoms with E-state index in [4.69, 9.17) is 4.74 Å². The van der Waals surface area contributed by atoms with Crippen molar-refractivity contribution in [1.82, 2.24) is 0 Å². The highest BCUT2D eigenvalue weighted by molar-refractivity contribution is 5.32. The molecule has 0 saturated heterocycles. The molecule has 0 aliphatic carbocycles. The minimum absolute atomic E-state index is 0.00646. The fraction of sp³-hybridized carbons (Fsp3) is 0.200. The number of aliphatic hydroxyl groups excluding tert-OH is 1. The van der Waals surface area contributed by atoms with E-state index in [0.29, 0.717) is 11.1 Å². The standard InChI is InChI=1S/C15H13F3O2/c1-20-15-7-10(2-3-13(15)18)14(19)6-9-4-11(16)8-12(17)5-9/h2-5,7-8,14,19H,6H2,1H3. The van der Waals surface area contributed by atoms with Crippen molar-refractivity contribution < 1.29 is 23.0 Å². The van der Waals surface area contributed by atoms with Crippen LogP contribution in [0.4, 0.5) is 13.2 Å². The molecule has 0 aliphatic rings. The van der Waals surface area contributed by atoms with Crippen molar-refractivity contribution in [3.05, 3.63) is 65.0 Å². The van der Waals surface area contributed by atoms with Crippen LogP contribution in [0.15, 0.2) is 36.4 Å². The zero-order valence-corrected chi connectivity index (χ0v) is 10.7. The molecule has 0 fully saturated rings. The zero-order valence-electron chi connectivity index (χ0n) is 10.7. The molecule has 0 bridgehead atoms. The second-order valence-electron chi connectivity index (χ2n) is 4.39. The molecule has 1 N–H and O–H groups in total. The lowest BCUT2D eigenvalue weighted by atomic mass is 10.0. The van der Waals surface area contributed by atoms with Crippen molar-refractivity contribution in [1.29, 1.82) is 0 Å². The van der Waals surface area contributed by atoms with Gasteiger partial charge in [-0.15, -0.1) is 0 Å². The predicted octanol–water partition coefficient (Wildman–Crippen LogP) is 3.39. The van der Waals surface area contributed by atoms with Crippen LogP contribution in [0.1, 0.15) is 17.2 Å². The second kappa shape index (κ2) is 5.96. The van der Waals surface area contributed by atoms with Crippen LogP contribution in [-0.4, -0.2) is 12.2 Å². The number of hydrogen-bond donors (Lipinski definition) is 1. The number of aliphatic hydroxyl groups is 1. The van der Waals surface area contributed by atoms with Gasteiger partial charge in [-0.1, -0.05) is 6.07 Å². The highest BCUT2D eigenvalue weighted by atomic mass is 19.1. The van der Waals surface area contributed by atoms with Gasteiger partial charge in [-0.3, -0.25) is 0 Å². The topological polar surface area (TPSA) is 29.5 Å². The zero-order chi connectivity index (χ0) is 14.7. The Kier molecular flexibility index (Phi) is 4.29. The quantitative estimate of drug-likeness (QED) is 0.931. The van der Waals surface area contributed by atoms with E-state index in [1.165, 1.54) is 25.3 Å². The van der Waals surface area contributed by atoms with E-state index < -0.39 is 23.6 Å². The highest BCUT2D eigenvalue weighted by Gasteiger charge is 2.13. The van der Waals surface area contributed by atoms with Gasteiger partial charge in [0.05, 0.1) is 13.2 Å². The molecule has 0 amide bonds. The summed E-state index contributed by atoms with van der Waals surface area (Å²) < 4.78 is 44.2. The van der Waals surface area contributed by atoms with E-state index in [9.17, 15) is 18.3 Å². The van der Waals surface area contributed by atoms with Crippen LogP contribution in [0.5, 0.6) is 5.75 Å². The van der Waals surface area contributed by atoms with Gasteiger partial charge >= 0.3 is 0 Å². The first-order valence-corrected chi connectivity index (χ1v) is 5.96. The molecule has 0 saturated carbocycles. The number of hydrogen-bond acceptors (Lipinski definition) is 2. The van der Waals surface area contributed by atoms with E-state index in [1.54, 1.807) is 0 Å². The summed E-state index contributed by atoms with van der Waals surface area (Å²) in [6.45, 7) is 0. The van der Waals surface area contributed by atoms with Gasteiger partial charge in [0.25, 0.3) is 0 Å². The summed E-state index contributed by atoms with van der Waals surface area (Å²) in [4.78, 5) is 0. The van der Waals surface area contributed by atoms with E-state index in [2.05, 4.69) is 0 Å². The van der Waals surface area contributed by atoms with Gasteiger partial charge < -0.3 is 9.84 Å². The fourth-order valence-corrected chi connectivity index (χ4v) is 1.95. The molecule has 0 aliphatic heterocycles. The number of benzene rings is 2. The maximum absolute atomic E-state index is 13.3. The van der Waals surface area contributed by atoms with Gasteiger partial charge in [0.15, 0.2) is 11.6 Å². The molecule has 2 rings (SSSR count). The summed E-state index contributed by atoms with van der Waals surface area (Å²) >= 11 is 0. The summed E-state index contributed by atoms with van der Waals surface area (Å²) in [6, 6.07) is 6.98. The largest absolute Gasteiger partial charge is 0.494 e. The summed E-state index contributed by atoms with van der Waals surface area (Å²) in [6.07, 6.45) is -0.991. The number of halogens is 3. The van der Waals surface area contributed by atoms with Gasteiger partial charge in [-0.2, -0.15) is 0 Å². The number of ether oxygens (including phenoxy) is 1. The molecule has 2 nitrogen and oxygen atoms in total. The fourth-order valence-electron chi connectivity index (χ4n) is 1.95. The molecule has 0 heterocycles. The van der Waals surface area contributed by atoms with Crippen LogP contribution in [0.3, 0.4) is 0 Å². The average molecular weight is 282 g/mol. The van der Waals surface area contributed by atoms with Gasteiger partial charge in [-0.05, 0) is 35.4 Å². The Morgan fingerprint density at radius 3 is 2.30 bits per heavy atom. The SMILES string of the molecule is COc1cc(C(O)Cc2cc(F)cc(F)c2)ccc1F. The van der Waals surface area contributed by atoms with Crippen molar-refractivity contribution in [2.45, 2.75) is 12.5 Å². The summed E-state index contributed by atoms with van der Waals surface area (Å²) in [5.41, 5.74) is 0.728. The molecule has 1 atom stereocenters. The smallest absolute Gasteiger partial charge is 0.165 e. The predicted molar refractivity (Wildman–Crippen MR) is 68.0 cm³/mol. The molecule has 106 valence electrons. The third-order valence-electron chi connectivity index (χ3n) is 2.91. The molecular formula is C15H13F3O2. The normalized spacial score (nSPS) is 12.2. The monoisotopic (exact) mass is 282 g/mol. The Bertz CT molecular complexity index is 594. The van der Waals surface area contributed by atoms with E-state index >= 15 is 0 Å². The van der Waals surface area contributed by atoms with Crippen molar-refractivity contribution in [3.63, 3.8) is 0 Å². The molecule has 2 aromatic rings. The Morgan fingerprint density at radius 1 is 1.05 bits per heavy atom. The lowest BCUT2D eigenvalue weighted by Crippen LogP contribution is -2.03. The maximum atomic E-state index is 13.3. The van der Waals surface area contributed by atoms with Gasteiger partial charge in [0.2, 0.25) is 0 Å². The van der Waals surface area contributed by atoms with Crippen molar-refractivity contribution in [2.75, 3.05) is 7.11 Å². The summed E-state index contributed by atoms with van der Waals surface area (Å²) in [5, 5.41) is 10.0. The Morgan fingerprint density at radius 2 is 1.70 bits per heavy atom. The Hall–Kier alpha value is -2.01. The van der Waals surface area contributed by atoms with Crippen molar-refractivity contribution in [3.8, 4) is 5.75 Å². The molecule has 0 aromatic heterocycles. The van der Waals surface area contributed by atoms with Crippen LogP contribution in [-0.2, 0) is 6.42 Å². The first kappa shape index (κ1) is 14.4.